The van der Waals surface area contributed by atoms with Gasteiger partial charge in [0, 0.05) is 10.9 Å². The van der Waals surface area contributed by atoms with Crippen LogP contribution < -0.4 is 11.1 Å². The van der Waals surface area contributed by atoms with Crippen LogP contribution in [0.15, 0.2) is 29.4 Å². The van der Waals surface area contributed by atoms with E-state index >= 15 is 0 Å². The predicted octanol–water partition coefficient (Wildman–Crippen LogP) is 2.09. The van der Waals surface area contributed by atoms with Crippen LogP contribution in [0.5, 0.6) is 0 Å². The number of pyridine rings is 1. The number of nitrogens with zero attached hydrogens (tertiary/aromatic N) is 2. The van der Waals surface area contributed by atoms with Crippen LogP contribution in [0.1, 0.15) is 19.8 Å². The number of thioether (sulfide) groups is 1. The molecule has 92 valence electrons. The molecule has 1 aliphatic rings. The lowest BCUT2D eigenvalue weighted by atomic mass is 10.1. The minimum Gasteiger partial charge on any atom is -0.370 e. The standard InChI is InChI=1S/C12H18N4S/c1-12(6-4-8-17-12)9-15-11(13)16-10-5-2-3-7-14-10/h2-3,5,7H,4,6,8-9H2,1H3,(H3,13,14,15,16). The summed E-state index contributed by atoms with van der Waals surface area (Å²) in [5.74, 6) is 2.41. The van der Waals surface area contributed by atoms with Gasteiger partial charge in [0.05, 0.1) is 6.54 Å². The Kier molecular flexibility index (Phi) is 3.89. The Balaban J connectivity index is 1.89. The van der Waals surface area contributed by atoms with Gasteiger partial charge in [-0.1, -0.05) is 6.07 Å². The molecule has 1 aliphatic heterocycles. The summed E-state index contributed by atoms with van der Waals surface area (Å²) in [6, 6.07) is 5.65. The number of rotatable bonds is 3. The molecule has 0 amide bonds. The average Bonchev–Trinajstić information content (AvgIpc) is 2.76. The largest absolute Gasteiger partial charge is 0.370 e. The summed E-state index contributed by atoms with van der Waals surface area (Å²) in [5.41, 5.74) is 5.83. The molecule has 0 saturated carbocycles. The lowest BCUT2D eigenvalue weighted by Crippen LogP contribution is -2.27. The van der Waals surface area contributed by atoms with Crippen molar-refractivity contribution in [3.05, 3.63) is 24.4 Å². The van der Waals surface area contributed by atoms with E-state index in [1.165, 1.54) is 18.6 Å². The van der Waals surface area contributed by atoms with E-state index in [1.54, 1.807) is 6.20 Å². The van der Waals surface area contributed by atoms with Crippen LogP contribution in [0.3, 0.4) is 0 Å². The Morgan fingerprint density at radius 3 is 3.18 bits per heavy atom. The zero-order valence-corrected chi connectivity index (χ0v) is 10.8. The molecule has 0 spiro atoms. The normalized spacial score (nSPS) is 24.9. The second kappa shape index (κ2) is 5.40. The summed E-state index contributed by atoms with van der Waals surface area (Å²) < 4.78 is 0.260. The maximum absolute atomic E-state index is 5.83. The third-order valence-corrected chi connectivity index (χ3v) is 4.33. The molecule has 1 aromatic rings. The molecule has 1 atom stereocenters. The maximum atomic E-state index is 5.83. The van der Waals surface area contributed by atoms with Gasteiger partial charge in [0.15, 0.2) is 5.96 Å². The Hall–Kier alpha value is -1.23. The molecule has 17 heavy (non-hydrogen) atoms. The minimum absolute atomic E-state index is 0.260. The molecule has 0 bridgehead atoms. The number of hydrogen-bond donors (Lipinski definition) is 2. The first-order valence-corrected chi connectivity index (χ1v) is 6.78. The van der Waals surface area contributed by atoms with Gasteiger partial charge >= 0.3 is 0 Å². The molecule has 5 heteroatoms. The highest BCUT2D eigenvalue weighted by molar-refractivity contribution is 8.00. The Bertz CT molecular complexity index is 385. The van der Waals surface area contributed by atoms with Gasteiger partial charge in [-0.05, 0) is 37.7 Å². The first-order chi connectivity index (χ1) is 8.18. The van der Waals surface area contributed by atoms with E-state index in [9.17, 15) is 0 Å². The van der Waals surface area contributed by atoms with Gasteiger partial charge in [0.2, 0.25) is 0 Å². The molecule has 0 aromatic carbocycles. The number of nitrogens with one attached hydrogen (secondary N) is 1. The summed E-state index contributed by atoms with van der Waals surface area (Å²) in [7, 11) is 0. The van der Waals surface area contributed by atoms with Crippen molar-refractivity contribution < 1.29 is 0 Å². The summed E-state index contributed by atoms with van der Waals surface area (Å²) in [6.07, 6.45) is 4.23. The first-order valence-electron chi connectivity index (χ1n) is 5.80. The zero-order valence-electron chi connectivity index (χ0n) is 10.0. The molecule has 0 radical (unpaired) electrons. The van der Waals surface area contributed by atoms with Gasteiger partial charge in [-0.15, -0.1) is 0 Å². The second-order valence-corrected chi connectivity index (χ2v) is 6.13. The number of hydrogen-bond acceptors (Lipinski definition) is 3. The third-order valence-electron chi connectivity index (χ3n) is 2.81. The van der Waals surface area contributed by atoms with Gasteiger partial charge < -0.3 is 11.1 Å². The van der Waals surface area contributed by atoms with Gasteiger partial charge in [0.1, 0.15) is 5.82 Å². The van der Waals surface area contributed by atoms with E-state index in [1.807, 2.05) is 30.0 Å². The van der Waals surface area contributed by atoms with Crippen LogP contribution in [-0.4, -0.2) is 28.0 Å². The molecule has 0 aliphatic carbocycles. The van der Waals surface area contributed by atoms with Crippen LogP contribution in [-0.2, 0) is 0 Å². The molecule has 1 unspecified atom stereocenters. The molecule has 3 N–H and O–H groups in total. The van der Waals surface area contributed by atoms with Gasteiger partial charge in [-0.3, -0.25) is 4.99 Å². The molecular formula is C12H18N4S. The van der Waals surface area contributed by atoms with Crippen molar-refractivity contribution in [1.82, 2.24) is 4.98 Å². The maximum Gasteiger partial charge on any atom is 0.194 e. The molecule has 1 aromatic heterocycles. The average molecular weight is 250 g/mol. The number of guanidine groups is 1. The Morgan fingerprint density at radius 1 is 1.65 bits per heavy atom. The highest BCUT2D eigenvalue weighted by atomic mass is 32.2. The van der Waals surface area contributed by atoms with Gasteiger partial charge in [-0.2, -0.15) is 11.8 Å². The van der Waals surface area contributed by atoms with E-state index in [4.69, 9.17) is 5.73 Å². The van der Waals surface area contributed by atoms with Gasteiger partial charge in [0.25, 0.3) is 0 Å². The minimum atomic E-state index is 0.260. The first kappa shape index (κ1) is 12.2. The zero-order chi connectivity index (χ0) is 12.1. The summed E-state index contributed by atoms with van der Waals surface area (Å²) in [6.45, 7) is 3.02. The van der Waals surface area contributed by atoms with Crippen LogP contribution in [0, 0.1) is 0 Å². The van der Waals surface area contributed by atoms with Gasteiger partial charge in [-0.25, -0.2) is 4.98 Å². The van der Waals surface area contributed by atoms with E-state index in [0.29, 0.717) is 5.96 Å². The van der Waals surface area contributed by atoms with E-state index in [0.717, 1.165) is 12.4 Å². The highest BCUT2D eigenvalue weighted by Crippen LogP contribution is 2.37. The van der Waals surface area contributed by atoms with Crippen molar-refractivity contribution in [3.63, 3.8) is 0 Å². The summed E-state index contributed by atoms with van der Waals surface area (Å²) in [4.78, 5) is 8.53. The van der Waals surface area contributed by atoms with Crippen LogP contribution in [0.25, 0.3) is 0 Å². The number of aliphatic imine (C=N–C) groups is 1. The monoisotopic (exact) mass is 250 g/mol. The topological polar surface area (TPSA) is 63.3 Å². The molecular weight excluding hydrogens is 232 g/mol. The Labute approximate surface area is 106 Å². The summed E-state index contributed by atoms with van der Waals surface area (Å²) >= 11 is 1.99. The molecule has 4 nitrogen and oxygen atoms in total. The molecule has 2 rings (SSSR count). The van der Waals surface area contributed by atoms with Crippen LogP contribution in [0.4, 0.5) is 5.82 Å². The molecule has 2 heterocycles. The van der Waals surface area contributed by atoms with E-state index in [-0.39, 0.29) is 4.75 Å². The fourth-order valence-corrected chi connectivity index (χ4v) is 3.05. The Morgan fingerprint density at radius 2 is 2.53 bits per heavy atom. The van der Waals surface area contributed by atoms with Crippen molar-refractivity contribution in [2.24, 2.45) is 10.7 Å². The van der Waals surface area contributed by atoms with Crippen molar-refractivity contribution in [1.29, 1.82) is 0 Å². The van der Waals surface area contributed by atoms with Crippen molar-refractivity contribution in [2.75, 3.05) is 17.6 Å². The van der Waals surface area contributed by atoms with Crippen molar-refractivity contribution in [3.8, 4) is 0 Å². The fourth-order valence-electron chi connectivity index (χ4n) is 1.82. The SMILES string of the molecule is CC1(CN=C(N)Nc2ccccn2)CCCS1. The fraction of sp³-hybridized carbons (Fsp3) is 0.500. The van der Waals surface area contributed by atoms with Crippen molar-refractivity contribution in [2.45, 2.75) is 24.5 Å². The lowest BCUT2D eigenvalue weighted by molar-refractivity contribution is 0.619. The predicted molar refractivity (Wildman–Crippen MR) is 74.4 cm³/mol. The van der Waals surface area contributed by atoms with Crippen molar-refractivity contribution >= 4 is 23.5 Å². The molecule has 1 saturated heterocycles. The van der Waals surface area contributed by atoms with Crippen LogP contribution in [0.2, 0.25) is 0 Å². The number of nitrogens with two attached hydrogens (primary N) is 1. The second-order valence-electron chi connectivity index (χ2n) is 4.44. The lowest BCUT2D eigenvalue weighted by Gasteiger charge is -2.19. The third kappa shape index (κ3) is 3.63. The number of aromatic nitrogens is 1. The molecule has 1 fully saturated rings. The number of anilines is 1. The quantitative estimate of drug-likeness (QED) is 0.637. The highest BCUT2D eigenvalue weighted by Gasteiger charge is 2.28. The van der Waals surface area contributed by atoms with E-state index < -0.39 is 0 Å². The van der Waals surface area contributed by atoms with E-state index in [2.05, 4.69) is 22.2 Å². The summed E-state index contributed by atoms with van der Waals surface area (Å²) in [5, 5.41) is 2.99. The van der Waals surface area contributed by atoms with Crippen LogP contribution >= 0.6 is 11.8 Å². The smallest absolute Gasteiger partial charge is 0.194 e.